The third-order valence-electron chi connectivity index (χ3n) is 4.42. The predicted molar refractivity (Wildman–Crippen MR) is 106 cm³/mol. The number of carbonyl (C=O) groups excluding carboxylic acids is 1. The summed E-state index contributed by atoms with van der Waals surface area (Å²) in [4.78, 5) is 27.8. The molecule has 0 aliphatic carbocycles. The molecule has 1 saturated heterocycles. The van der Waals surface area contributed by atoms with Crippen molar-refractivity contribution in [2.24, 2.45) is 7.05 Å². The number of pyridine rings is 1. The molecule has 1 aliphatic heterocycles. The fourth-order valence-corrected chi connectivity index (χ4v) is 3.13. The molecule has 4 heterocycles. The zero-order valence-corrected chi connectivity index (χ0v) is 16.4. The topological polar surface area (TPSA) is 80.9 Å². The molecule has 0 saturated carbocycles. The summed E-state index contributed by atoms with van der Waals surface area (Å²) in [6, 6.07) is 3.45. The van der Waals surface area contributed by atoms with Crippen LogP contribution in [0.5, 0.6) is 0 Å². The number of halogens is 2. The number of aryl methyl sites for hydroxylation is 1. The maximum atomic E-state index is 13.1. The Hall–Kier alpha value is -2.42. The number of nitrogens with zero attached hydrogens (tertiary/aromatic N) is 6. The molecule has 0 spiro atoms. The fourth-order valence-electron chi connectivity index (χ4n) is 3.13. The largest absolute Gasteiger partial charge is 0.336 e. The third kappa shape index (κ3) is 4.13. The molecule has 0 bridgehead atoms. The standard InChI is InChI=1S/C17H19N7O.2ClH/c1-22-7-6-21-16(22)14-11-18-5-9-24(14)17(25)13-2-3-20-15(10-13)23-8-4-19-12-23;;/h2-4,6-8,10,12,14,18H,5,9,11H2,1H3;2*1H. The molecule has 1 atom stereocenters. The van der Waals surface area contributed by atoms with E-state index in [4.69, 9.17) is 0 Å². The van der Waals surface area contributed by atoms with Crippen molar-refractivity contribution in [2.75, 3.05) is 19.6 Å². The van der Waals surface area contributed by atoms with Gasteiger partial charge in [-0.1, -0.05) is 0 Å². The van der Waals surface area contributed by atoms with Gasteiger partial charge >= 0.3 is 0 Å². The van der Waals surface area contributed by atoms with E-state index in [0.717, 1.165) is 12.4 Å². The molecule has 1 aliphatic rings. The second kappa shape index (κ2) is 8.98. The number of nitrogens with one attached hydrogen (secondary N) is 1. The minimum absolute atomic E-state index is 0. The first-order valence-corrected chi connectivity index (χ1v) is 8.17. The second-order valence-electron chi connectivity index (χ2n) is 5.99. The Morgan fingerprint density at radius 2 is 2.04 bits per heavy atom. The normalized spacial score (nSPS) is 16.3. The Balaban J connectivity index is 0.00000131. The van der Waals surface area contributed by atoms with E-state index in [-0.39, 0.29) is 36.8 Å². The Morgan fingerprint density at radius 1 is 1.19 bits per heavy atom. The van der Waals surface area contributed by atoms with E-state index >= 15 is 0 Å². The van der Waals surface area contributed by atoms with Crippen molar-refractivity contribution in [3.8, 4) is 5.82 Å². The summed E-state index contributed by atoms with van der Waals surface area (Å²) in [6.07, 6.45) is 10.5. The van der Waals surface area contributed by atoms with Crippen LogP contribution in [-0.4, -0.2) is 54.5 Å². The molecule has 8 nitrogen and oxygen atoms in total. The SMILES string of the molecule is Cl.Cl.Cn1ccnc1C1CNCCN1C(=O)c1ccnc(-n2ccnc2)c1. The first-order chi connectivity index (χ1) is 12.2. The lowest BCUT2D eigenvalue weighted by atomic mass is 10.1. The number of amides is 1. The molecule has 3 aromatic rings. The highest BCUT2D eigenvalue weighted by atomic mass is 35.5. The van der Waals surface area contributed by atoms with Crippen molar-refractivity contribution < 1.29 is 4.79 Å². The molecule has 1 amide bonds. The maximum absolute atomic E-state index is 13.1. The van der Waals surface area contributed by atoms with Gasteiger partial charge in [0.2, 0.25) is 0 Å². The number of piperazine rings is 1. The lowest BCUT2D eigenvalue weighted by Gasteiger charge is -2.35. The van der Waals surface area contributed by atoms with Gasteiger partial charge in [-0.15, -0.1) is 24.8 Å². The van der Waals surface area contributed by atoms with Crippen molar-refractivity contribution >= 4 is 30.7 Å². The van der Waals surface area contributed by atoms with Gasteiger partial charge in [0, 0.05) is 63.2 Å². The van der Waals surface area contributed by atoms with Crippen molar-refractivity contribution in [1.29, 1.82) is 0 Å². The molecular weight excluding hydrogens is 389 g/mol. The number of rotatable bonds is 3. The zero-order valence-electron chi connectivity index (χ0n) is 14.7. The number of hydrogen-bond donors (Lipinski definition) is 1. The van der Waals surface area contributed by atoms with E-state index in [2.05, 4.69) is 20.3 Å². The lowest BCUT2D eigenvalue weighted by Crippen LogP contribution is -2.49. The average molecular weight is 410 g/mol. The van der Waals surface area contributed by atoms with Gasteiger partial charge in [0.05, 0.1) is 0 Å². The van der Waals surface area contributed by atoms with Crippen molar-refractivity contribution in [1.82, 2.24) is 34.3 Å². The van der Waals surface area contributed by atoms with Crippen LogP contribution < -0.4 is 5.32 Å². The quantitative estimate of drug-likeness (QED) is 0.710. The zero-order chi connectivity index (χ0) is 17.2. The molecule has 1 N–H and O–H groups in total. The van der Waals surface area contributed by atoms with E-state index in [1.165, 1.54) is 0 Å². The van der Waals surface area contributed by atoms with Gasteiger partial charge in [0.1, 0.15) is 24.0 Å². The molecule has 3 aromatic heterocycles. The Kier molecular flexibility index (Phi) is 6.95. The lowest BCUT2D eigenvalue weighted by molar-refractivity contribution is 0.0620. The highest BCUT2D eigenvalue weighted by Gasteiger charge is 2.31. The minimum atomic E-state index is -0.0916. The van der Waals surface area contributed by atoms with Crippen LogP contribution >= 0.6 is 24.8 Å². The van der Waals surface area contributed by atoms with Gasteiger partial charge in [-0.25, -0.2) is 15.0 Å². The monoisotopic (exact) mass is 409 g/mol. The Bertz CT molecular complexity index is 881. The molecule has 10 heteroatoms. The van der Waals surface area contributed by atoms with Gasteiger partial charge in [-0.05, 0) is 12.1 Å². The molecule has 4 rings (SSSR count). The number of aromatic nitrogens is 5. The summed E-state index contributed by atoms with van der Waals surface area (Å²) in [6.45, 7) is 2.10. The van der Waals surface area contributed by atoms with E-state index in [1.807, 2.05) is 22.7 Å². The minimum Gasteiger partial charge on any atom is -0.336 e. The summed E-state index contributed by atoms with van der Waals surface area (Å²) in [7, 11) is 1.95. The summed E-state index contributed by atoms with van der Waals surface area (Å²) >= 11 is 0. The molecule has 1 fully saturated rings. The van der Waals surface area contributed by atoms with Crippen LogP contribution in [0.2, 0.25) is 0 Å². The first-order valence-electron chi connectivity index (χ1n) is 8.17. The van der Waals surface area contributed by atoms with Crippen LogP contribution in [0.3, 0.4) is 0 Å². The van der Waals surface area contributed by atoms with Gasteiger partial charge < -0.3 is 14.8 Å². The van der Waals surface area contributed by atoms with Crippen LogP contribution in [0.15, 0.2) is 49.4 Å². The van der Waals surface area contributed by atoms with Gasteiger partial charge in [0.25, 0.3) is 5.91 Å². The number of carbonyl (C=O) groups is 1. The molecular formula is C17H21Cl2N7O. The number of hydrogen-bond acceptors (Lipinski definition) is 5. The van der Waals surface area contributed by atoms with E-state index < -0.39 is 0 Å². The van der Waals surface area contributed by atoms with Crippen molar-refractivity contribution in [3.63, 3.8) is 0 Å². The van der Waals surface area contributed by atoms with Crippen molar-refractivity contribution in [3.05, 3.63) is 60.8 Å². The summed E-state index contributed by atoms with van der Waals surface area (Å²) in [5.41, 5.74) is 0.611. The van der Waals surface area contributed by atoms with Crippen LogP contribution in [-0.2, 0) is 7.05 Å². The highest BCUT2D eigenvalue weighted by Crippen LogP contribution is 2.23. The third-order valence-corrected chi connectivity index (χ3v) is 4.42. The highest BCUT2D eigenvalue weighted by molar-refractivity contribution is 5.94. The second-order valence-corrected chi connectivity index (χ2v) is 5.99. The summed E-state index contributed by atoms with van der Waals surface area (Å²) in [5.74, 6) is 1.54. The predicted octanol–water partition coefficient (Wildman–Crippen LogP) is 1.63. The molecule has 1 unspecified atom stereocenters. The molecule has 0 aromatic carbocycles. The van der Waals surface area contributed by atoms with Crippen LogP contribution in [0, 0.1) is 0 Å². The van der Waals surface area contributed by atoms with Gasteiger partial charge in [-0.2, -0.15) is 0 Å². The van der Waals surface area contributed by atoms with E-state index in [9.17, 15) is 4.79 Å². The average Bonchev–Trinajstić information content (AvgIpc) is 3.33. The smallest absolute Gasteiger partial charge is 0.254 e. The summed E-state index contributed by atoms with van der Waals surface area (Å²) in [5, 5.41) is 3.35. The maximum Gasteiger partial charge on any atom is 0.254 e. The van der Waals surface area contributed by atoms with Crippen LogP contribution in [0.1, 0.15) is 22.2 Å². The van der Waals surface area contributed by atoms with Crippen molar-refractivity contribution in [2.45, 2.75) is 6.04 Å². The first kappa shape index (κ1) is 20.9. The Labute approximate surface area is 169 Å². The van der Waals surface area contributed by atoms with E-state index in [0.29, 0.717) is 24.5 Å². The molecule has 27 heavy (non-hydrogen) atoms. The van der Waals surface area contributed by atoms with Crippen LogP contribution in [0.4, 0.5) is 0 Å². The van der Waals surface area contributed by atoms with Gasteiger partial charge in [0.15, 0.2) is 0 Å². The van der Waals surface area contributed by atoms with E-state index in [1.54, 1.807) is 47.8 Å². The molecule has 0 radical (unpaired) electrons. The fraction of sp³-hybridized carbons (Fsp3) is 0.294. The van der Waals surface area contributed by atoms with Gasteiger partial charge in [-0.3, -0.25) is 9.36 Å². The summed E-state index contributed by atoms with van der Waals surface area (Å²) < 4.78 is 3.74. The Morgan fingerprint density at radius 3 is 2.74 bits per heavy atom. The number of imidazole rings is 2. The molecule has 144 valence electrons. The van der Waals surface area contributed by atoms with Crippen LogP contribution in [0.25, 0.3) is 5.82 Å².